The quantitative estimate of drug-likeness (QED) is 0.906. The first-order valence-electron chi connectivity index (χ1n) is 5.34. The summed E-state index contributed by atoms with van der Waals surface area (Å²) in [4.78, 5) is 8.44. The minimum absolute atomic E-state index is 0.340. The van der Waals surface area contributed by atoms with Gasteiger partial charge in [0.1, 0.15) is 0 Å². The molecular formula is C12H14BrN3S. The number of nitrogens with zero attached hydrogens (tertiary/aromatic N) is 1. The molecule has 90 valence electrons. The van der Waals surface area contributed by atoms with Crippen molar-refractivity contribution < 1.29 is 0 Å². The number of halogens is 1. The van der Waals surface area contributed by atoms with E-state index in [2.05, 4.69) is 56.3 Å². The second-order valence-electron chi connectivity index (χ2n) is 3.69. The summed E-state index contributed by atoms with van der Waals surface area (Å²) in [5.41, 5.74) is 1.26. The van der Waals surface area contributed by atoms with E-state index in [0.717, 1.165) is 9.63 Å². The zero-order valence-corrected chi connectivity index (χ0v) is 12.1. The Hall–Kier alpha value is -0.780. The van der Waals surface area contributed by atoms with Crippen molar-refractivity contribution in [3.8, 4) is 0 Å². The smallest absolute Gasteiger partial charge is 0.170 e. The second kappa shape index (κ2) is 5.71. The van der Waals surface area contributed by atoms with Crippen LogP contribution in [0.25, 0.3) is 0 Å². The minimum Gasteiger partial charge on any atom is -0.339 e. The van der Waals surface area contributed by atoms with Crippen molar-refractivity contribution in [3.63, 3.8) is 0 Å². The lowest BCUT2D eigenvalue weighted by molar-refractivity contribution is 0.649. The molecule has 17 heavy (non-hydrogen) atoms. The maximum Gasteiger partial charge on any atom is 0.170 e. The first kappa shape index (κ1) is 12.7. The van der Waals surface area contributed by atoms with E-state index in [-0.39, 0.29) is 0 Å². The fourth-order valence-corrected chi connectivity index (χ4v) is 3.15. The summed E-state index contributed by atoms with van der Waals surface area (Å²) < 4.78 is 1.12. The van der Waals surface area contributed by atoms with E-state index in [1.54, 1.807) is 18.0 Å². The molecule has 1 heterocycles. The summed E-state index contributed by atoms with van der Waals surface area (Å²) in [7, 11) is 1.96. The van der Waals surface area contributed by atoms with Gasteiger partial charge < -0.3 is 10.3 Å². The van der Waals surface area contributed by atoms with Crippen LogP contribution in [0.15, 0.2) is 45.1 Å². The van der Waals surface area contributed by atoms with Gasteiger partial charge in [-0.15, -0.1) is 0 Å². The Labute approximate surface area is 114 Å². The van der Waals surface area contributed by atoms with Crippen LogP contribution in [0.3, 0.4) is 0 Å². The second-order valence-corrected chi connectivity index (χ2v) is 5.61. The minimum atomic E-state index is 0.340. The van der Waals surface area contributed by atoms with Gasteiger partial charge in [0, 0.05) is 27.8 Å². The molecule has 0 bridgehead atoms. The molecule has 2 aromatic rings. The first-order valence-corrected chi connectivity index (χ1v) is 6.95. The van der Waals surface area contributed by atoms with Crippen molar-refractivity contribution in [2.75, 3.05) is 7.05 Å². The molecule has 0 spiro atoms. The highest BCUT2D eigenvalue weighted by Gasteiger charge is 2.08. The van der Waals surface area contributed by atoms with E-state index < -0.39 is 0 Å². The number of benzene rings is 1. The molecule has 1 aromatic heterocycles. The van der Waals surface area contributed by atoms with Gasteiger partial charge >= 0.3 is 0 Å². The lowest BCUT2D eigenvalue weighted by atomic mass is 10.1. The Morgan fingerprint density at radius 2 is 2.29 bits per heavy atom. The van der Waals surface area contributed by atoms with Crippen molar-refractivity contribution in [1.82, 2.24) is 15.3 Å². The van der Waals surface area contributed by atoms with Gasteiger partial charge in [0.05, 0.1) is 0 Å². The number of hydrogen-bond acceptors (Lipinski definition) is 3. The molecule has 2 rings (SSSR count). The summed E-state index contributed by atoms with van der Waals surface area (Å²) in [5, 5.41) is 4.14. The molecule has 5 heteroatoms. The van der Waals surface area contributed by atoms with Crippen LogP contribution in [-0.2, 0) is 0 Å². The van der Waals surface area contributed by atoms with E-state index in [0.29, 0.717) is 6.04 Å². The highest BCUT2D eigenvalue weighted by Crippen LogP contribution is 2.31. The van der Waals surface area contributed by atoms with Crippen molar-refractivity contribution in [2.24, 2.45) is 0 Å². The predicted molar refractivity (Wildman–Crippen MR) is 74.3 cm³/mol. The van der Waals surface area contributed by atoms with Gasteiger partial charge in [-0.2, -0.15) is 0 Å². The summed E-state index contributed by atoms with van der Waals surface area (Å²) >= 11 is 5.23. The Kier molecular flexibility index (Phi) is 4.25. The van der Waals surface area contributed by atoms with Crippen molar-refractivity contribution >= 4 is 27.7 Å². The van der Waals surface area contributed by atoms with E-state index in [4.69, 9.17) is 0 Å². The van der Waals surface area contributed by atoms with Gasteiger partial charge in [0.15, 0.2) is 5.16 Å². The van der Waals surface area contributed by atoms with Gasteiger partial charge in [0.2, 0.25) is 0 Å². The molecule has 1 unspecified atom stereocenters. The third-order valence-corrected chi connectivity index (χ3v) is 4.15. The Balaban J connectivity index is 2.19. The molecule has 0 aliphatic rings. The largest absolute Gasteiger partial charge is 0.339 e. The van der Waals surface area contributed by atoms with E-state index in [9.17, 15) is 0 Å². The van der Waals surface area contributed by atoms with Crippen LogP contribution in [0.2, 0.25) is 0 Å². The maximum absolute atomic E-state index is 4.19. The third kappa shape index (κ3) is 3.12. The monoisotopic (exact) mass is 311 g/mol. The Bertz CT molecular complexity index is 485. The summed E-state index contributed by atoms with van der Waals surface area (Å²) in [6, 6.07) is 6.71. The highest BCUT2D eigenvalue weighted by molar-refractivity contribution is 9.10. The molecule has 0 fully saturated rings. The predicted octanol–water partition coefficient (Wildman–Crippen LogP) is 3.60. The fourth-order valence-electron chi connectivity index (χ4n) is 1.50. The van der Waals surface area contributed by atoms with Gasteiger partial charge in [-0.05, 0) is 31.7 Å². The molecule has 0 aliphatic carbocycles. The summed E-state index contributed by atoms with van der Waals surface area (Å²) in [6.07, 6.45) is 3.59. The maximum atomic E-state index is 4.19. The molecule has 0 saturated carbocycles. The molecule has 2 N–H and O–H groups in total. The average Bonchev–Trinajstić information content (AvgIpc) is 2.81. The normalized spacial score (nSPS) is 12.6. The number of imidazole rings is 1. The first-order chi connectivity index (χ1) is 8.20. The topological polar surface area (TPSA) is 40.7 Å². The molecule has 0 saturated heterocycles. The van der Waals surface area contributed by atoms with Crippen LogP contribution in [-0.4, -0.2) is 17.0 Å². The van der Waals surface area contributed by atoms with Crippen molar-refractivity contribution in [3.05, 3.63) is 40.6 Å². The molecule has 1 atom stereocenters. The van der Waals surface area contributed by atoms with Gasteiger partial charge in [-0.25, -0.2) is 4.98 Å². The van der Waals surface area contributed by atoms with Gasteiger partial charge in [-0.3, -0.25) is 0 Å². The Morgan fingerprint density at radius 1 is 1.47 bits per heavy atom. The van der Waals surface area contributed by atoms with Crippen molar-refractivity contribution in [1.29, 1.82) is 0 Å². The third-order valence-electron chi connectivity index (χ3n) is 2.56. The van der Waals surface area contributed by atoms with Crippen LogP contribution in [0.4, 0.5) is 0 Å². The number of aromatic nitrogens is 2. The Morgan fingerprint density at radius 3 is 2.88 bits per heavy atom. The number of H-pyrrole nitrogens is 1. The van der Waals surface area contributed by atoms with Gasteiger partial charge in [-0.1, -0.05) is 33.8 Å². The lowest BCUT2D eigenvalue weighted by Crippen LogP contribution is -2.12. The van der Waals surface area contributed by atoms with Crippen LogP contribution >= 0.6 is 27.7 Å². The van der Waals surface area contributed by atoms with Crippen LogP contribution in [0, 0.1) is 0 Å². The summed E-state index contributed by atoms with van der Waals surface area (Å²) in [5.74, 6) is 0. The molecular weight excluding hydrogens is 298 g/mol. The molecule has 1 aromatic carbocycles. The fraction of sp³-hybridized carbons (Fsp3) is 0.250. The zero-order chi connectivity index (χ0) is 12.3. The lowest BCUT2D eigenvalue weighted by Gasteiger charge is -2.13. The number of nitrogens with one attached hydrogen (secondary N) is 2. The number of hydrogen-bond donors (Lipinski definition) is 2. The van der Waals surface area contributed by atoms with Crippen LogP contribution < -0.4 is 5.32 Å². The van der Waals surface area contributed by atoms with Gasteiger partial charge in [0.25, 0.3) is 0 Å². The summed E-state index contributed by atoms with van der Waals surface area (Å²) in [6.45, 7) is 2.14. The molecule has 0 amide bonds. The highest BCUT2D eigenvalue weighted by atomic mass is 79.9. The SMILES string of the molecule is CNC(C)c1ccc(Sc2ncc[nH]2)cc1Br. The van der Waals surface area contributed by atoms with Crippen molar-refractivity contribution in [2.45, 2.75) is 23.0 Å². The molecule has 0 aliphatic heterocycles. The average molecular weight is 312 g/mol. The number of aromatic amines is 1. The zero-order valence-electron chi connectivity index (χ0n) is 9.70. The van der Waals surface area contributed by atoms with E-state index in [1.807, 2.05) is 13.2 Å². The molecule has 0 radical (unpaired) electrons. The van der Waals surface area contributed by atoms with E-state index >= 15 is 0 Å². The standard InChI is InChI=1S/C12H14BrN3S/c1-8(14-2)10-4-3-9(7-11(10)13)17-12-15-5-6-16-12/h3-8,14H,1-2H3,(H,15,16). The van der Waals surface area contributed by atoms with Crippen LogP contribution in [0.1, 0.15) is 18.5 Å². The number of rotatable bonds is 4. The molecule has 3 nitrogen and oxygen atoms in total. The van der Waals surface area contributed by atoms with Crippen LogP contribution in [0.5, 0.6) is 0 Å². The van der Waals surface area contributed by atoms with E-state index in [1.165, 1.54) is 10.5 Å².